The molecule has 172 valence electrons. The standard InChI is InChI=1S/C27H25N3O3S/c1-3-33-25(31)24(30-32-2)23-19-34-26(28-23)29-27(20-13-7-4-8-14-20,21-15-9-5-10-16-21)22-17-11-6-12-18-22/h4-19H,3H2,1-2H3,(H,28,29). The Morgan fingerprint density at radius 3 is 1.85 bits per heavy atom. The first-order valence-electron chi connectivity index (χ1n) is 10.9. The second kappa shape index (κ2) is 10.8. The number of benzene rings is 3. The molecule has 0 bridgehead atoms. The van der Waals surface area contributed by atoms with E-state index in [9.17, 15) is 4.79 Å². The zero-order chi connectivity index (χ0) is 23.8. The monoisotopic (exact) mass is 471 g/mol. The molecule has 3 aromatic carbocycles. The zero-order valence-electron chi connectivity index (χ0n) is 19.0. The molecule has 0 fully saturated rings. The number of ether oxygens (including phenoxy) is 1. The van der Waals surface area contributed by atoms with Crippen molar-refractivity contribution in [1.82, 2.24) is 4.98 Å². The lowest BCUT2D eigenvalue weighted by atomic mass is 9.77. The van der Waals surface area contributed by atoms with Gasteiger partial charge in [0.2, 0.25) is 5.71 Å². The normalized spacial score (nSPS) is 11.6. The molecule has 1 heterocycles. The number of carbonyl (C=O) groups excluding carboxylic acids is 1. The van der Waals surface area contributed by atoms with E-state index in [1.807, 2.05) is 54.6 Å². The van der Waals surface area contributed by atoms with Crippen LogP contribution in [-0.2, 0) is 19.9 Å². The zero-order valence-corrected chi connectivity index (χ0v) is 19.8. The first-order valence-corrected chi connectivity index (χ1v) is 11.8. The van der Waals surface area contributed by atoms with Gasteiger partial charge < -0.3 is 14.9 Å². The average Bonchev–Trinajstić information content (AvgIpc) is 3.35. The van der Waals surface area contributed by atoms with Crippen LogP contribution in [-0.4, -0.2) is 30.4 Å². The predicted molar refractivity (Wildman–Crippen MR) is 135 cm³/mol. The van der Waals surface area contributed by atoms with E-state index >= 15 is 0 Å². The van der Waals surface area contributed by atoms with Gasteiger partial charge in [-0.2, -0.15) is 0 Å². The highest BCUT2D eigenvalue weighted by atomic mass is 32.1. The summed E-state index contributed by atoms with van der Waals surface area (Å²) in [5.41, 5.74) is 2.86. The number of oxime groups is 1. The first kappa shape index (κ1) is 23.2. The van der Waals surface area contributed by atoms with Crippen LogP contribution in [0.5, 0.6) is 0 Å². The van der Waals surface area contributed by atoms with Gasteiger partial charge in [-0.25, -0.2) is 9.78 Å². The fourth-order valence-corrected chi connectivity index (χ4v) is 4.61. The molecule has 1 aromatic heterocycles. The van der Waals surface area contributed by atoms with Crippen molar-refractivity contribution in [2.75, 3.05) is 19.0 Å². The van der Waals surface area contributed by atoms with E-state index < -0.39 is 11.5 Å². The predicted octanol–water partition coefficient (Wildman–Crippen LogP) is 5.46. The number of hydrogen-bond acceptors (Lipinski definition) is 7. The van der Waals surface area contributed by atoms with Crippen molar-refractivity contribution in [1.29, 1.82) is 0 Å². The molecule has 0 atom stereocenters. The minimum atomic E-state index is -0.721. The topological polar surface area (TPSA) is 72.8 Å². The molecular formula is C27H25N3O3S. The smallest absolute Gasteiger partial charge is 0.362 e. The second-order valence-corrected chi connectivity index (χ2v) is 8.21. The summed E-state index contributed by atoms with van der Waals surface area (Å²) in [6.07, 6.45) is 0. The third-order valence-corrected chi connectivity index (χ3v) is 6.07. The summed E-state index contributed by atoms with van der Waals surface area (Å²) < 4.78 is 5.12. The van der Waals surface area contributed by atoms with E-state index in [2.05, 4.69) is 51.9 Å². The highest BCUT2D eigenvalue weighted by Crippen LogP contribution is 2.40. The van der Waals surface area contributed by atoms with Crippen LogP contribution in [0.2, 0.25) is 0 Å². The molecule has 1 N–H and O–H groups in total. The van der Waals surface area contributed by atoms with Gasteiger partial charge >= 0.3 is 5.97 Å². The molecule has 4 aromatic rings. The van der Waals surface area contributed by atoms with Crippen molar-refractivity contribution in [3.63, 3.8) is 0 Å². The van der Waals surface area contributed by atoms with Crippen LogP contribution in [0.15, 0.2) is 102 Å². The molecule has 6 nitrogen and oxygen atoms in total. The lowest BCUT2D eigenvalue weighted by Gasteiger charge is -2.36. The molecule has 0 spiro atoms. The molecule has 7 heteroatoms. The van der Waals surface area contributed by atoms with Crippen LogP contribution in [0.1, 0.15) is 29.3 Å². The first-order chi connectivity index (χ1) is 16.7. The van der Waals surface area contributed by atoms with Crippen molar-refractivity contribution in [2.24, 2.45) is 5.16 Å². The molecule has 0 amide bonds. The lowest BCUT2D eigenvalue weighted by Crippen LogP contribution is -2.38. The maximum atomic E-state index is 12.4. The number of aromatic nitrogens is 1. The molecule has 0 radical (unpaired) electrons. The molecule has 0 saturated heterocycles. The maximum Gasteiger partial charge on any atom is 0.362 e. The van der Waals surface area contributed by atoms with Gasteiger partial charge in [0.05, 0.1) is 6.61 Å². The lowest BCUT2D eigenvalue weighted by molar-refractivity contribution is -0.135. The van der Waals surface area contributed by atoms with Gasteiger partial charge in [0, 0.05) is 5.38 Å². The Morgan fingerprint density at radius 1 is 0.912 bits per heavy atom. The molecule has 0 aliphatic heterocycles. The molecule has 0 unspecified atom stereocenters. The third-order valence-electron chi connectivity index (χ3n) is 5.31. The Kier molecular flexibility index (Phi) is 7.34. The van der Waals surface area contributed by atoms with E-state index in [1.54, 1.807) is 12.3 Å². The Morgan fingerprint density at radius 2 is 1.41 bits per heavy atom. The van der Waals surface area contributed by atoms with E-state index in [1.165, 1.54) is 18.4 Å². The van der Waals surface area contributed by atoms with Crippen LogP contribution < -0.4 is 5.32 Å². The number of hydrogen-bond donors (Lipinski definition) is 1. The van der Waals surface area contributed by atoms with Crippen molar-refractivity contribution in [3.05, 3.63) is 119 Å². The summed E-state index contributed by atoms with van der Waals surface area (Å²) in [6, 6.07) is 30.7. The van der Waals surface area contributed by atoms with Crippen LogP contribution in [0, 0.1) is 0 Å². The molecule has 0 aliphatic rings. The van der Waals surface area contributed by atoms with E-state index in [0.29, 0.717) is 10.8 Å². The average molecular weight is 472 g/mol. The molecule has 0 aliphatic carbocycles. The summed E-state index contributed by atoms with van der Waals surface area (Å²) in [5.74, 6) is -0.582. The van der Waals surface area contributed by atoms with Gasteiger partial charge in [-0.15, -0.1) is 11.3 Å². The van der Waals surface area contributed by atoms with Gasteiger partial charge in [-0.3, -0.25) is 0 Å². The molecule has 0 saturated carbocycles. The Bertz CT molecular complexity index is 1150. The highest BCUT2D eigenvalue weighted by Gasteiger charge is 2.37. The van der Waals surface area contributed by atoms with Crippen LogP contribution in [0.3, 0.4) is 0 Å². The summed E-state index contributed by atoms with van der Waals surface area (Å²) in [5, 5.41) is 9.94. The summed E-state index contributed by atoms with van der Waals surface area (Å²) in [7, 11) is 1.38. The van der Waals surface area contributed by atoms with Crippen molar-refractivity contribution < 1.29 is 14.4 Å². The summed E-state index contributed by atoms with van der Waals surface area (Å²) >= 11 is 1.38. The third kappa shape index (κ3) is 4.70. The summed E-state index contributed by atoms with van der Waals surface area (Å²) in [4.78, 5) is 22.0. The van der Waals surface area contributed by atoms with E-state index in [4.69, 9.17) is 9.57 Å². The highest BCUT2D eigenvalue weighted by molar-refractivity contribution is 7.14. The van der Waals surface area contributed by atoms with Crippen LogP contribution >= 0.6 is 11.3 Å². The molecule has 4 rings (SSSR count). The number of carbonyl (C=O) groups is 1. The Hall–Kier alpha value is -3.97. The fraction of sp³-hybridized carbons (Fsp3) is 0.148. The van der Waals surface area contributed by atoms with Gasteiger partial charge in [-0.1, -0.05) is 96.2 Å². The van der Waals surface area contributed by atoms with Crippen LogP contribution in [0.25, 0.3) is 0 Å². The van der Waals surface area contributed by atoms with E-state index in [0.717, 1.165) is 16.7 Å². The Labute approximate surface area is 202 Å². The number of esters is 1. The van der Waals surface area contributed by atoms with Gasteiger partial charge in [0.25, 0.3) is 0 Å². The largest absolute Gasteiger partial charge is 0.461 e. The molecular weight excluding hydrogens is 446 g/mol. The quantitative estimate of drug-likeness (QED) is 0.152. The summed E-state index contributed by atoms with van der Waals surface area (Å²) in [6.45, 7) is 1.97. The minimum absolute atomic E-state index is 0.0263. The number of rotatable bonds is 9. The number of thiazole rings is 1. The van der Waals surface area contributed by atoms with Gasteiger partial charge in [0.1, 0.15) is 18.3 Å². The Balaban J connectivity index is 1.85. The van der Waals surface area contributed by atoms with Gasteiger partial charge in [-0.05, 0) is 23.6 Å². The maximum absolute atomic E-state index is 12.4. The van der Waals surface area contributed by atoms with E-state index in [-0.39, 0.29) is 12.3 Å². The number of nitrogens with one attached hydrogen (secondary N) is 1. The SMILES string of the molecule is CCOC(=O)C(=NOC)c1csc(NC(c2ccccc2)(c2ccccc2)c2ccccc2)n1. The van der Waals surface area contributed by atoms with Crippen molar-refractivity contribution in [2.45, 2.75) is 12.5 Å². The second-order valence-electron chi connectivity index (χ2n) is 7.35. The van der Waals surface area contributed by atoms with Crippen molar-refractivity contribution in [3.8, 4) is 0 Å². The molecule has 34 heavy (non-hydrogen) atoms. The number of anilines is 1. The fourth-order valence-electron chi connectivity index (χ4n) is 3.86. The number of nitrogens with zero attached hydrogens (tertiary/aromatic N) is 2. The minimum Gasteiger partial charge on any atom is -0.461 e. The van der Waals surface area contributed by atoms with Crippen LogP contribution in [0.4, 0.5) is 5.13 Å². The van der Waals surface area contributed by atoms with Gasteiger partial charge in [0.15, 0.2) is 5.13 Å². The van der Waals surface area contributed by atoms with Crippen molar-refractivity contribution >= 4 is 28.1 Å².